The zero-order chi connectivity index (χ0) is 20.8. The van der Waals surface area contributed by atoms with Crippen LogP contribution >= 0.6 is 0 Å². The highest BCUT2D eigenvalue weighted by molar-refractivity contribution is 6.04. The van der Waals surface area contributed by atoms with E-state index in [4.69, 9.17) is 4.84 Å². The standard InChI is InChI=1S/C22H24FN3O3/c1-3-14(2)21(27)25-18-9-4-6-15(10-18)13-24-22(28)20-12-19(26-29-20)16-7-5-8-17(23)11-16/h4-11,14,20H,3,12-13H2,1-2H3,(H,24,28)(H,25,27). The number of carbonyl (C=O) groups is 2. The van der Waals surface area contributed by atoms with Crippen LogP contribution < -0.4 is 10.6 Å². The summed E-state index contributed by atoms with van der Waals surface area (Å²) in [5.41, 5.74) is 2.69. The molecule has 2 atom stereocenters. The molecule has 6 nitrogen and oxygen atoms in total. The van der Waals surface area contributed by atoms with Crippen LogP contribution in [0.2, 0.25) is 0 Å². The lowest BCUT2D eigenvalue weighted by Crippen LogP contribution is -2.34. The maximum atomic E-state index is 13.4. The van der Waals surface area contributed by atoms with Gasteiger partial charge in [-0.1, -0.05) is 43.3 Å². The molecule has 2 N–H and O–H groups in total. The van der Waals surface area contributed by atoms with E-state index in [-0.39, 0.29) is 30.0 Å². The van der Waals surface area contributed by atoms with Crippen molar-refractivity contribution >= 4 is 23.2 Å². The number of hydrogen-bond donors (Lipinski definition) is 2. The predicted octanol–water partition coefficient (Wildman–Crippen LogP) is 3.62. The van der Waals surface area contributed by atoms with Gasteiger partial charge in [-0.15, -0.1) is 0 Å². The number of halogens is 1. The van der Waals surface area contributed by atoms with Crippen LogP contribution in [0.5, 0.6) is 0 Å². The number of nitrogens with one attached hydrogen (secondary N) is 2. The van der Waals surface area contributed by atoms with Crippen molar-refractivity contribution in [2.24, 2.45) is 11.1 Å². The second-order valence-corrected chi connectivity index (χ2v) is 7.06. The van der Waals surface area contributed by atoms with Crippen molar-refractivity contribution in [1.82, 2.24) is 5.32 Å². The Morgan fingerprint density at radius 1 is 1.24 bits per heavy atom. The summed E-state index contributed by atoms with van der Waals surface area (Å²) in [5, 5.41) is 9.61. The number of rotatable bonds is 7. The number of carbonyl (C=O) groups excluding carboxylic acids is 2. The lowest BCUT2D eigenvalue weighted by Gasteiger charge is -2.12. The molecule has 0 fully saturated rings. The van der Waals surface area contributed by atoms with E-state index >= 15 is 0 Å². The summed E-state index contributed by atoms with van der Waals surface area (Å²) >= 11 is 0. The van der Waals surface area contributed by atoms with Crippen molar-refractivity contribution < 1.29 is 18.8 Å². The summed E-state index contributed by atoms with van der Waals surface area (Å²) in [4.78, 5) is 29.7. The number of anilines is 1. The van der Waals surface area contributed by atoms with Gasteiger partial charge in [0.1, 0.15) is 5.82 Å². The van der Waals surface area contributed by atoms with Gasteiger partial charge in [-0.05, 0) is 36.2 Å². The van der Waals surface area contributed by atoms with Crippen molar-refractivity contribution in [2.45, 2.75) is 39.3 Å². The van der Waals surface area contributed by atoms with E-state index in [2.05, 4.69) is 15.8 Å². The average Bonchev–Trinajstić information content (AvgIpc) is 3.22. The quantitative estimate of drug-likeness (QED) is 0.749. The lowest BCUT2D eigenvalue weighted by atomic mass is 10.0. The second kappa shape index (κ2) is 9.32. The fourth-order valence-electron chi connectivity index (χ4n) is 2.87. The third-order valence-electron chi connectivity index (χ3n) is 4.84. The molecule has 3 rings (SSSR count). The highest BCUT2D eigenvalue weighted by Gasteiger charge is 2.28. The fourth-order valence-corrected chi connectivity index (χ4v) is 2.87. The highest BCUT2D eigenvalue weighted by atomic mass is 19.1. The lowest BCUT2D eigenvalue weighted by molar-refractivity contribution is -0.131. The number of hydrogen-bond acceptors (Lipinski definition) is 4. The molecular formula is C22H24FN3O3. The Morgan fingerprint density at radius 3 is 2.79 bits per heavy atom. The highest BCUT2D eigenvalue weighted by Crippen LogP contribution is 2.18. The normalized spacial score (nSPS) is 16.5. The smallest absolute Gasteiger partial charge is 0.264 e. The average molecular weight is 397 g/mol. The zero-order valence-electron chi connectivity index (χ0n) is 16.4. The summed E-state index contributed by atoms with van der Waals surface area (Å²) < 4.78 is 13.4. The molecule has 1 heterocycles. The van der Waals surface area contributed by atoms with Gasteiger partial charge in [0, 0.05) is 30.1 Å². The Morgan fingerprint density at radius 2 is 2.03 bits per heavy atom. The molecule has 2 aromatic rings. The van der Waals surface area contributed by atoms with Crippen LogP contribution in [0.1, 0.15) is 37.8 Å². The third kappa shape index (κ3) is 5.40. The molecule has 7 heteroatoms. The zero-order valence-corrected chi connectivity index (χ0v) is 16.4. The van der Waals surface area contributed by atoms with Crippen LogP contribution in [0.15, 0.2) is 53.7 Å². The molecule has 152 valence electrons. The predicted molar refractivity (Wildman–Crippen MR) is 109 cm³/mol. The monoisotopic (exact) mass is 397 g/mol. The topological polar surface area (TPSA) is 79.8 Å². The number of amides is 2. The van der Waals surface area contributed by atoms with E-state index in [0.717, 1.165) is 12.0 Å². The molecule has 0 saturated carbocycles. The van der Waals surface area contributed by atoms with Gasteiger partial charge in [0.15, 0.2) is 0 Å². The maximum Gasteiger partial charge on any atom is 0.264 e. The Balaban J connectivity index is 1.52. The van der Waals surface area contributed by atoms with Crippen LogP contribution in [0, 0.1) is 11.7 Å². The Kier molecular flexibility index (Phi) is 6.59. The van der Waals surface area contributed by atoms with Crippen LogP contribution in [0.25, 0.3) is 0 Å². The fraction of sp³-hybridized carbons (Fsp3) is 0.318. The van der Waals surface area contributed by atoms with E-state index in [0.29, 0.717) is 23.5 Å². The van der Waals surface area contributed by atoms with Gasteiger partial charge in [-0.3, -0.25) is 9.59 Å². The molecule has 1 aliphatic rings. The van der Waals surface area contributed by atoms with Gasteiger partial charge in [-0.2, -0.15) is 0 Å². The Hall–Kier alpha value is -3.22. The third-order valence-corrected chi connectivity index (χ3v) is 4.84. The van der Waals surface area contributed by atoms with Crippen molar-refractivity contribution in [3.8, 4) is 0 Å². The van der Waals surface area contributed by atoms with E-state index < -0.39 is 6.10 Å². The first-order valence-electron chi connectivity index (χ1n) is 9.62. The molecule has 0 saturated heterocycles. The van der Waals surface area contributed by atoms with Crippen LogP contribution in [0.3, 0.4) is 0 Å². The molecule has 0 radical (unpaired) electrons. The van der Waals surface area contributed by atoms with Gasteiger partial charge in [0.2, 0.25) is 12.0 Å². The maximum absolute atomic E-state index is 13.4. The van der Waals surface area contributed by atoms with Crippen molar-refractivity contribution in [3.05, 3.63) is 65.5 Å². The first kappa shape index (κ1) is 20.5. The summed E-state index contributed by atoms with van der Waals surface area (Å²) in [6, 6.07) is 13.4. The first-order valence-corrected chi connectivity index (χ1v) is 9.62. The minimum Gasteiger partial charge on any atom is -0.382 e. The summed E-state index contributed by atoms with van der Waals surface area (Å²) in [6.45, 7) is 4.13. The summed E-state index contributed by atoms with van der Waals surface area (Å²) in [7, 11) is 0. The van der Waals surface area contributed by atoms with Crippen LogP contribution in [0.4, 0.5) is 10.1 Å². The molecule has 2 amide bonds. The van der Waals surface area contributed by atoms with Crippen molar-refractivity contribution in [2.75, 3.05) is 5.32 Å². The van der Waals surface area contributed by atoms with Crippen molar-refractivity contribution in [1.29, 1.82) is 0 Å². The molecule has 2 unspecified atom stereocenters. The summed E-state index contributed by atoms with van der Waals surface area (Å²) in [5.74, 6) is -0.757. The van der Waals surface area contributed by atoms with Crippen molar-refractivity contribution in [3.63, 3.8) is 0 Å². The number of nitrogens with zero attached hydrogens (tertiary/aromatic N) is 1. The second-order valence-electron chi connectivity index (χ2n) is 7.06. The van der Waals surface area contributed by atoms with E-state index in [1.165, 1.54) is 12.1 Å². The number of benzene rings is 2. The minimum absolute atomic E-state index is 0.0323. The Labute approximate surface area is 169 Å². The number of oxime groups is 1. The molecule has 1 aliphatic heterocycles. The minimum atomic E-state index is -0.749. The van der Waals surface area contributed by atoms with Gasteiger partial charge in [-0.25, -0.2) is 4.39 Å². The molecular weight excluding hydrogens is 373 g/mol. The molecule has 0 bridgehead atoms. The first-order chi connectivity index (χ1) is 14.0. The molecule has 0 aromatic heterocycles. The van der Waals surface area contributed by atoms with E-state index in [9.17, 15) is 14.0 Å². The Bertz CT molecular complexity index is 929. The van der Waals surface area contributed by atoms with Crippen LogP contribution in [-0.4, -0.2) is 23.6 Å². The molecule has 29 heavy (non-hydrogen) atoms. The van der Waals surface area contributed by atoms with E-state index in [1.54, 1.807) is 12.1 Å². The van der Waals surface area contributed by atoms with Gasteiger partial charge in [0.25, 0.3) is 5.91 Å². The molecule has 2 aromatic carbocycles. The largest absolute Gasteiger partial charge is 0.382 e. The molecule has 0 aliphatic carbocycles. The summed E-state index contributed by atoms with van der Waals surface area (Å²) in [6.07, 6.45) is 0.296. The van der Waals surface area contributed by atoms with Gasteiger partial charge in [0.05, 0.1) is 5.71 Å². The SMILES string of the molecule is CCC(C)C(=O)Nc1cccc(CNC(=O)C2CC(c3cccc(F)c3)=NO2)c1. The molecule has 0 spiro atoms. The van der Waals surface area contributed by atoms with Crippen LogP contribution in [-0.2, 0) is 21.0 Å². The van der Waals surface area contributed by atoms with Gasteiger partial charge >= 0.3 is 0 Å². The van der Waals surface area contributed by atoms with Gasteiger partial charge < -0.3 is 15.5 Å². The van der Waals surface area contributed by atoms with E-state index in [1.807, 2.05) is 38.1 Å².